The van der Waals surface area contributed by atoms with Crippen molar-refractivity contribution in [2.75, 3.05) is 13.1 Å². The number of fused-ring (bicyclic) bond motifs is 1. The maximum absolute atomic E-state index is 12.3. The second-order valence-corrected chi connectivity index (χ2v) is 7.17. The number of nitrogens with one attached hydrogen (secondary N) is 1. The maximum atomic E-state index is 12.3. The lowest BCUT2D eigenvalue weighted by molar-refractivity contribution is -0.134. The molecule has 1 aromatic rings. The highest BCUT2D eigenvalue weighted by atomic mass is 16.5. The van der Waals surface area contributed by atoms with Crippen LogP contribution in [0.1, 0.15) is 37.7 Å². The molecule has 3 fully saturated rings. The number of carbonyl (C=O) groups excluding carboxylic acids is 1. The van der Waals surface area contributed by atoms with Gasteiger partial charge in [0.1, 0.15) is 6.10 Å². The zero-order chi connectivity index (χ0) is 15.6. The van der Waals surface area contributed by atoms with Gasteiger partial charge < -0.3 is 10.1 Å². The molecule has 0 bridgehead atoms. The summed E-state index contributed by atoms with van der Waals surface area (Å²) in [6.07, 6.45) is 9.19. The molecule has 1 N–H and O–H groups in total. The molecule has 4 rings (SSSR count). The Kier molecular flexibility index (Phi) is 4.31. The summed E-state index contributed by atoms with van der Waals surface area (Å²) in [7, 11) is 0. The van der Waals surface area contributed by atoms with Gasteiger partial charge in [0.05, 0.1) is 6.10 Å². The zero-order valence-electron chi connectivity index (χ0n) is 13.5. The van der Waals surface area contributed by atoms with Gasteiger partial charge in [-0.1, -0.05) is 0 Å². The molecule has 0 spiro atoms. The quantitative estimate of drug-likeness (QED) is 0.919. The molecule has 0 unspecified atom stereocenters. The van der Waals surface area contributed by atoms with E-state index >= 15 is 0 Å². The lowest BCUT2D eigenvalue weighted by Crippen LogP contribution is -2.45. The van der Waals surface area contributed by atoms with Crippen LogP contribution in [-0.4, -0.2) is 47.1 Å². The number of hydrogen-bond acceptors (Lipinski definition) is 4. The fourth-order valence-electron chi connectivity index (χ4n) is 3.90. The molecule has 3 heterocycles. The average Bonchev–Trinajstić information content (AvgIpc) is 2.95. The van der Waals surface area contributed by atoms with Gasteiger partial charge in [-0.3, -0.25) is 14.7 Å². The number of amides is 1. The Hall–Kier alpha value is -1.46. The van der Waals surface area contributed by atoms with Gasteiger partial charge in [0.15, 0.2) is 0 Å². The Morgan fingerprint density at radius 3 is 2.87 bits per heavy atom. The summed E-state index contributed by atoms with van der Waals surface area (Å²) < 4.78 is 6.10. The van der Waals surface area contributed by atoms with Crippen molar-refractivity contribution in [2.45, 2.75) is 56.9 Å². The SMILES string of the molecule is O=C(NC1CCC1)[C@@H]1C[C@H]2CCN(Cc3ccncc3)C[C@@H]2O1. The van der Waals surface area contributed by atoms with E-state index in [0.29, 0.717) is 12.0 Å². The van der Waals surface area contributed by atoms with E-state index in [9.17, 15) is 4.79 Å². The molecular formula is C18H25N3O2. The first kappa shape index (κ1) is 15.1. The van der Waals surface area contributed by atoms with Crippen LogP contribution in [0.3, 0.4) is 0 Å². The highest BCUT2D eigenvalue weighted by molar-refractivity contribution is 5.81. The van der Waals surface area contributed by atoms with Crippen LogP contribution in [0, 0.1) is 5.92 Å². The van der Waals surface area contributed by atoms with E-state index in [1.54, 1.807) is 0 Å². The predicted octanol–water partition coefficient (Wildman–Crippen LogP) is 1.73. The fourth-order valence-corrected chi connectivity index (χ4v) is 3.90. The third kappa shape index (κ3) is 3.40. The summed E-state index contributed by atoms with van der Waals surface area (Å²) in [5.74, 6) is 0.658. The molecule has 124 valence electrons. The summed E-state index contributed by atoms with van der Waals surface area (Å²) in [6.45, 7) is 2.96. The molecular weight excluding hydrogens is 290 g/mol. The summed E-state index contributed by atoms with van der Waals surface area (Å²) in [5, 5.41) is 3.13. The largest absolute Gasteiger partial charge is 0.364 e. The third-order valence-corrected chi connectivity index (χ3v) is 5.54. The molecule has 0 aromatic carbocycles. The molecule has 5 heteroatoms. The molecule has 3 atom stereocenters. The Bertz CT molecular complexity index is 546. The molecule has 23 heavy (non-hydrogen) atoms. The van der Waals surface area contributed by atoms with Crippen molar-refractivity contribution in [3.63, 3.8) is 0 Å². The minimum Gasteiger partial charge on any atom is -0.364 e. The summed E-state index contributed by atoms with van der Waals surface area (Å²) >= 11 is 0. The van der Waals surface area contributed by atoms with Crippen LogP contribution in [0.25, 0.3) is 0 Å². The van der Waals surface area contributed by atoms with Gasteiger partial charge >= 0.3 is 0 Å². The van der Waals surface area contributed by atoms with E-state index in [1.807, 2.05) is 12.4 Å². The van der Waals surface area contributed by atoms with Crippen molar-refractivity contribution in [3.05, 3.63) is 30.1 Å². The number of piperidine rings is 1. The van der Waals surface area contributed by atoms with Crippen LogP contribution >= 0.6 is 0 Å². The van der Waals surface area contributed by atoms with Crippen LogP contribution in [-0.2, 0) is 16.1 Å². The zero-order valence-corrected chi connectivity index (χ0v) is 13.5. The van der Waals surface area contributed by atoms with Crippen LogP contribution < -0.4 is 5.32 Å². The Labute approximate surface area is 137 Å². The van der Waals surface area contributed by atoms with Crippen molar-refractivity contribution >= 4 is 5.91 Å². The van der Waals surface area contributed by atoms with E-state index in [-0.39, 0.29) is 18.1 Å². The Morgan fingerprint density at radius 1 is 1.30 bits per heavy atom. The number of rotatable bonds is 4. The molecule has 2 saturated heterocycles. The van der Waals surface area contributed by atoms with Gasteiger partial charge in [0.2, 0.25) is 5.91 Å². The first-order valence-electron chi connectivity index (χ1n) is 8.85. The highest BCUT2D eigenvalue weighted by Gasteiger charge is 2.42. The number of carbonyl (C=O) groups is 1. The van der Waals surface area contributed by atoms with E-state index in [4.69, 9.17) is 4.74 Å². The van der Waals surface area contributed by atoms with Gasteiger partial charge in [0.25, 0.3) is 0 Å². The number of aromatic nitrogens is 1. The van der Waals surface area contributed by atoms with Crippen LogP contribution in [0.2, 0.25) is 0 Å². The molecule has 1 aromatic heterocycles. The molecule has 2 aliphatic heterocycles. The number of hydrogen-bond donors (Lipinski definition) is 1. The van der Waals surface area contributed by atoms with Crippen molar-refractivity contribution in [3.8, 4) is 0 Å². The first-order valence-corrected chi connectivity index (χ1v) is 8.85. The summed E-state index contributed by atoms with van der Waals surface area (Å²) in [4.78, 5) is 18.8. The maximum Gasteiger partial charge on any atom is 0.249 e. The predicted molar refractivity (Wildman–Crippen MR) is 86.7 cm³/mol. The van der Waals surface area contributed by atoms with Crippen molar-refractivity contribution in [2.24, 2.45) is 5.92 Å². The fraction of sp³-hybridized carbons (Fsp3) is 0.667. The third-order valence-electron chi connectivity index (χ3n) is 5.54. The minimum atomic E-state index is -0.230. The number of pyridine rings is 1. The van der Waals surface area contributed by atoms with Crippen molar-refractivity contribution in [1.29, 1.82) is 0 Å². The smallest absolute Gasteiger partial charge is 0.249 e. The standard InChI is InChI=1S/C18H25N3O2/c22-18(20-15-2-1-3-15)16-10-14-6-9-21(12-17(14)23-16)11-13-4-7-19-8-5-13/h4-5,7-8,14-17H,1-3,6,9-12H2,(H,20,22)/t14-,16+,17+/m1/s1. The lowest BCUT2D eigenvalue weighted by Gasteiger charge is -2.34. The Morgan fingerprint density at radius 2 is 2.13 bits per heavy atom. The summed E-state index contributed by atoms with van der Waals surface area (Å²) in [5.41, 5.74) is 1.29. The first-order chi connectivity index (χ1) is 11.3. The van der Waals surface area contributed by atoms with E-state index < -0.39 is 0 Å². The lowest BCUT2D eigenvalue weighted by atomic mass is 9.90. The normalized spacial score (nSPS) is 31.4. The van der Waals surface area contributed by atoms with Gasteiger partial charge in [-0.15, -0.1) is 0 Å². The van der Waals surface area contributed by atoms with Crippen molar-refractivity contribution in [1.82, 2.24) is 15.2 Å². The van der Waals surface area contributed by atoms with Crippen LogP contribution in [0.15, 0.2) is 24.5 Å². The molecule has 1 aliphatic carbocycles. The van der Waals surface area contributed by atoms with Gasteiger partial charge in [0, 0.05) is 31.5 Å². The molecule has 0 radical (unpaired) electrons. The average molecular weight is 315 g/mol. The second kappa shape index (κ2) is 6.57. The Balaban J connectivity index is 1.30. The topological polar surface area (TPSA) is 54.5 Å². The monoisotopic (exact) mass is 315 g/mol. The van der Waals surface area contributed by atoms with Gasteiger partial charge in [-0.2, -0.15) is 0 Å². The molecule has 3 aliphatic rings. The second-order valence-electron chi connectivity index (χ2n) is 7.17. The molecule has 1 amide bonds. The minimum absolute atomic E-state index is 0.116. The number of likely N-dealkylation sites (tertiary alicyclic amines) is 1. The van der Waals surface area contributed by atoms with Crippen molar-refractivity contribution < 1.29 is 9.53 Å². The highest BCUT2D eigenvalue weighted by Crippen LogP contribution is 2.34. The molecule has 1 saturated carbocycles. The summed E-state index contributed by atoms with van der Waals surface area (Å²) in [6, 6.07) is 4.53. The number of ether oxygens (including phenoxy) is 1. The molecule has 5 nitrogen and oxygen atoms in total. The van der Waals surface area contributed by atoms with E-state index in [2.05, 4.69) is 27.3 Å². The van der Waals surface area contributed by atoms with E-state index in [1.165, 1.54) is 12.0 Å². The van der Waals surface area contributed by atoms with Gasteiger partial charge in [-0.25, -0.2) is 0 Å². The van der Waals surface area contributed by atoms with Crippen LogP contribution in [0.5, 0.6) is 0 Å². The van der Waals surface area contributed by atoms with Gasteiger partial charge in [-0.05, 0) is 62.3 Å². The van der Waals surface area contributed by atoms with Crippen LogP contribution in [0.4, 0.5) is 0 Å². The number of nitrogens with zero attached hydrogens (tertiary/aromatic N) is 2. The van der Waals surface area contributed by atoms with E-state index in [0.717, 1.165) is 45.3 Å².